The Morgan fingerprint density at radius 3 is 2.81 bits per heavy atom. The first-order valence-corrected chi connectivity index (χ1v) is 4.98. The van der Waals surface area contributed by atoms with Gasteiger partial charge in [-0.15, -0.1) is 0 Å². The second-order valence-corrected chi connectivity index (χ2v) is 3.81. The number of carboxylic acids is 1. The fourth-order valence-electron chi connectivity index (χ4n) is 2.23. The van der Waals surface area contributed by atoms with E-state index >= 15 is 0 Å². The van der Waals surface area contributed by atoms with Crippen molar-refractivity contribution in [2.45, 2.75) is 6.42 Å². The van der Waals surface area contributed by atoms with Gasteiger partial charge in [0.2, 0.25) is 0 Å². The lowest BCUT2D eigenvalue weighted by molar-refractivity contribution is -0.138. The summed E-state index contributed by atoms with van der Waals surface area (Å²) >= 11 is 0. The second-order valence-electron chi connectivity index (χ2n) is 3.81. The predicted molar refractivity (Wildman–Crippen MR) is 53.4 cm³/mol. The topological polar surface area (TPSA) is 72.8 Å². The van der Waals surface area contributed by atoms with Crippen LogP contribution >= 0.6 is 0 Å². The van der Waals surface area contributed by atoms with Gasteiger partial charge < -0.3 is 14.6 Å². The van der Waals surface area contributed by atoms with Crippen molar-refractivity contribution in [2.75, 3.05) is 13.7 Å². The summed E-state index contributed by atoms with van der Waals surface area (Å²) in [6.45, 7) is 0.309. The van der Waals surface area contributed by atoms with Gasteiger partial charge in [-0.2, -0.15) is 0 Å². The van der Waals surface area contributed by atoms with Crippen molar-refractivity contribution in [3.63, 3.8) is 0 Å². The summed E-state index contributed by atoms with van der Waals surface area (Å²) in [5.74, 6) is -1.75. The molecule has 2 unspecified atom stereocenters. The van der Waals surface area contributed by atoms with Gasteiger partial charge in [-0.3, -0.25) is 0 Å². The third kappa shape index (κ3) is 1.58. The van der Waals surface area contributed by atoms with E-state index in [-0.39, 0.29) is 11.8 Å². The molecule has 0 aromatic heterocycles. The molecule has 0 spiro atoms. The molecule has 5 nitrogen and oxygen atoms in total. The molecule has 0 aromatic carbocycles. The lowest BCUT2D eigenvalue weighted by Crippen LogP contribution is -2.29. The fourth-order valence-corrected chi connectivity index (χ4v) is 2.23. The van der Waals surface area contributed by atoms with E-state index < -0.39 is 11.9 Å². The van der Waals surface area contributed by atoms with Crippen LogP contribution in [0.2, 0.25) is 0 Å². The quantitative estimate of drug-likeness (QED) is 0.700. The Morgan fingerprint density at radius 1 is 1.44 bits per heavy atom. The van der Waals surface area contributed by atoms with Gasteiger partial charge in [-0.1, -0.05) is 6.08 Å². The number of rotatable bonds is 2. The van der Waals surface area contributed by atoms with Crippen LogP contribution in [0.3, 0.4) is 0 Å². The van der Waals surface area contributed by atoms with Crippen molar-refractivity contribution in [1.82, 2.24) is 0 Å². The standard InChI is InChI=1S/C11H12O5/c1-15-11(14)9-5-16-4-8-6(9)2-3-7(8)10(12)13/h3,5-6,8H,2,4H2,1H3,(H,12,13). The number of ether oxygens (including phenoxy) is 2. The average Bonchev–Trinajstić information content (AvgIpc) is 2.71. The van der Waals surface area contributed by atoms with Crippen LogP contribution in [0.1, 0.15) is 6.42 Å². The van der Waals surface area contributed by atoms with Crippen molar-refractivity contribution >= 4 is 11.9 Å². The highest BCUT2D eigenvalue weighted by Gasteiger charge is 2.40. The van der Waals surface area contributed by atoms with Crippen LogP contribution in [-0.4, -0.2) is 30.8 Å². The Balaban J connectivity index is 2.22. The van der Waals surface area contributed by atoms with Crippen molar-refractivity contribution in [3.05, 3.63) is 23.5 Å². The van der Waals surface area contributed by atoms with Gasteiger partial charge in [0.25, 0.3) is 0 Å². The molecule has 16 heavy (non-hydrogen) atoms. The number of methoxy groups -OCH3 is 1. The number of aliphatic carboxylic acids is 1. The number of esters is 1. The monoisotopic (exact) mass is 224 g/mol. The summed E-state index contributed by atoms with van der Waals surface area (Å²) in [7, 11) is 1.30. The molecular weight excluding hydrogens is 212 g/mol. The maximum absolute atomic E-state index is 11.4. The van der Waals surface area contributed by atoms with E-state index in [1.165, 1.54) is 13.4 Å². The van der Waals surface area contributed by atoms with Crippen LogP contribution in [0, 0.1) is 11.8 Å². The first-order chi connectivity index (χ1) is 7.65. The molecule has 0 saturated heterocycles. The van der Waals surface area contributed by atoms with Crippen LogP contribution in [0.15, 0.2) is 23.5 Å². The fraction of sp³-hybridized carbons (Fsp3) is 0.455. The third-order valence-electron chi connectivity index (χ3n) is 3.03. The number of carbonyl (C=O) groups is 2. The number of hydrogen-bond acceptors (Lipinski definition) is 4. The van der Waals surface area contributed by atoms with E-state index in [9.17, 15) is 9.59 Å². The van der Waals surface area contributed by atoms with Gasteiger partial charge >= 0.3 is 11.9 Å². The summed E-state index contributed by atoms with van der Waals surface area (Å²) in [6, 6.07) is 0. The smallest absolute Gasteiger partial charge is 0.337 e. The molecule has 2 aliphatic rings. The molecule has 2 rings (SSSR count). The zero-order valence-corrected chi connectivity index (χ0v) is 8.80. The number of fused-ring (bicyclic) bond motifs is 1. The summed E-state index contributed by atoms with van der Waals surface area (Å²) in [5, 5.41) is 8.97. The van der Waals surface area contributed by atoms with Crippen LogP contribution in [0.25, 0.3) is 0 Å². The van der Waals surface area contributed by atoms with Crippen molar-refractivity contribution in [1.29, 1.82) is 0 Å². The van der Waals surface area contributed by atoms with E-state index in [2.05, 4.69) is 4.74 Å². The minimum absolute atomic E-state index is 0.118. The van der Waals surface area contributed by atoms with Gasteiger partial charge in [0, 0.05) is 17.4 Å². The largest absolute Gasteiger partial charge is 0.500 e. The Morgan fingerprint density at radius 2 is 2.19 bits per heavy atom. The molecule has 2 atom stereocenters. The van der Waals surface area contributed by atoms with E-state index in [4.69, 9.17) is 9.84 Å². The lowest BCUT2D eigenvalue weighted by atomic mass is 9.85. The molecule has 5 heteroatoms. The molecule has 0 aromatic rings. The molecular formula is C11H12O5. The van der Waals surface area contributed by atoms with E-state index in [1.807, 2.05) is 0 Å². The molecule has 1 aliphatic carbocycles. The molecule has 1 aliphatic heterocycles. The molecule has 0 radical (unpaired) electrons. The van der Waals surface area contributed by atoms with E-state index in [0.29, 0.717) is 24.2 Å². The van der Waals surface area contributed by atoms with Crippen molar-refractivity contribution in [2.24, 2.45) is 11.8 Å². The summed E-state index contributed by atoms with van der Waals surface area (Å²) < 4.78 is 9.77. The molecule has 86 valence electrons. The maximum atomic E-state index is 11.4. The van der Waals surface area contributed by atoms with Gasteiger partial charge in [-0.25, -0.2) is 9.59 Å². The molecule has 0 amide bonds. The van der Waals surface area contributed by atoms with Crippen molar-refractivity contribution in [3.8, 4) is 0 Å². The summed E-state index contributed by atoms with van der Waals surface area (Å²) in [6.07, 6.45) is 3.59. The predicted octanol–water partition coefficient (Wildman–Crippen LogP) is 0.721. The van der Waals surface area contributed by atoms with E-state index in [0.717, 1.165) is 0 Å². The number of carboxylic acid groups (broad SMARTS) is 1. The van der Waals surface area contributed by atoms with Gasteiger partial charge in [-0.05, 0) is 6.42 Å². The normalized spacial score (nSPS) is 27.3. The highest BCUT2D eigenvalue weighted by atomic mass is 16.5. The first kappa shape index (κ1) is 10.7. The Labute approximate surface area is 92.3 Å². The van der Waals surface area contributed by atoms with E-state index in [1.54, 1.807) is 6.08 Å². The van der Waals surface area contributed by atoms with Crippen LogP contribution in [0.4, 0.5) is 0 Å². The SMILES string of the molecule is COC(=O)C1=COCC2C(C(=O)O)=CCC12. The Bertz CT molecular complexity index is 393. The zero-order valence-electron chi connectivity index (χ0n) is 8.80. The highest BCUT2D eigenvalue weighted by Crippen LogP contribution is 2.40. The number of allylic oxidation sites excluding steroid dienone is 1. The Kier molecular flexibility index (Phi) is 2.68. The number of carbonyl (C=O) groups excluding carboxylic acids is 1. The summed E-state index contributed by atoms with van der Waals surface area (Å²) in [5.41, 5.74) is 0.755. The average molecular weight is 224 g/mol. The molecule has 0 fully saturated rings. The highest BCUT2D eigenvalue weighted by molar-refractivity contribution is 5.92. The van der Waals surface area contributed by atoms with Crippen LogP contribution < -0.4 is 0 Å². The Hall–Kier alpha value is -1.78. The molecule has 0 saturated carbocycles. The molecule has 1 heterocycles. The van der Waals surface area contributed by atoms with Crippen LogP contribution in [0.5, 0.6) is 0 Å². The summed E-state index contributed by atoms with van der Waals surface area (Å²) in [4.78, 5) is 22.4. The molecule has 1 N–H and O–H groups in total. The van der Waals surface area contributed by atoms with Gasteiger partial charge in [0.15, 0.2) is 0 Å². The third-order valence-corrected chi connectivity index (χ3v) is 3.03. The minimum atomic E-state index is -0.942. The first-order valence-electron chi connectivity index (χ1n) is 4.98. The van der Waals surface area contributed by atoms with Crippen LogP contribution in [-0.2, 0) is 19.1 Å². The second kappa shape index (κ2) is 4.00. The lowest BCUT2D eigenvalue weighted by Gasteiger charge is -2.26. The van der Waals surface area contributed by atoms with Gasteiger partial charge in [0.05, 0.1) is 25.6 Å². The number of hydrogen-bond donors (Lipinski definition) is 1. The maximum Gasteiger partial charge on any atom is 0.337 e. The van der Waals surface area contributed by atoms with Gasteiger partial charge in [0.1, 0.15) is 0 Å². The minimum Gasteiger partial charge on any atom is -0.500 e. The zero-order chi connectivity index (χ0) is 11.7. The molecule has 0 bridgehead atoms. The van der Waals surface area contributed by atoms with Crippen molar-refractivity contribution < 1.29 is 24.2 Å².